The first-order chi connectivity index (χ1) is 10.9. The molecule has 7 nitrogen and oxygen atoms in total. The number of nitrogens with one attached hydrogen (secondary N) is 1. The molecule has 1 aromatic rings. The molecule has 1 aromatic carbocycles. The van der Waals surface area contributed by atoms with Gasteiger partial charge in [-0.2, -0.15) is 0 Å². The van der Waals surface area contributed by atoms with Crippen molar-refractivity contribution in [1.29, 1.82) is 0 Å². The molecule has 122 valence electrons. The Balaban J connectivity index is 1.80. The maximum absolute atomic E-state index is 12.7. The number of likely N-dealkylation sites (tertiary alicyclic amines) is 1. The zero-order valence-electron chi connectivity index (χ0n) is 12.8. The second kappa shape index (κ2) is 5.57. The number of ether oxygens (including phenoxy) is 1. The Kier molecular flexibility index (Phi) is 3.71. The number of carboxylic acids is 1. The van der Waals surface area contributed by atoms with Gasteiger partial charge < -0.3 is 20.1 Å². The Morgan fingerprint density at radius 3 is 2.91 bits per heavy atom. The lowest BCUT2D eigenvalue weighted by Crippen LogP contribution is -2.48. The lowest BCUT2D eigenvalue weighted by molar-refractivity contribution is -0.150. The first-order valence-electron chi connectivity index (χ1n) is 7.48. The number of carbonyl (C=O) groups excluding carboxylic acids is 2. The summed E-state index contributed by atoms with van der Waals surface area (Å²) in [6, 6.07) is 4.83. The Morgan fingerprint density at radius 1 is 1.39 bits per heavy atom. The third kappa shape index (κ3) is 2.86. The topological polar surface area (TPSA) is 95.9 Å². The van der Waals surface area contributed by atoms with Gasteiger partial charge in [-0.15, -0.1) is 0 Å². The van der Waals surface area contributed by atoms with Crippen LogP contribution in [0.15, 0.2) is 18.2 Å². The molecular formula is C16H18N2O5. The minimum Gasteiger partial charge on any atom is -0.482 e. The average molecular weight is 318 g/mol. The van der Waals surface area contributed by atoms with Crippen LogP contribution >= 0.6 is 0 Å². The van der Waals surface area contributed by atoms with Gasteiger partial charge in [-0.3, -0.25) is 14.4 Å². The Morgan fingerprint density at radius 2 is 2.17 bits per heavy atom. The number of carbonyl (C=O) groups is 3. The van der Waals surface area contributed by atoms with Gasteiger partial charge >= 0.3 is 5.97 Å². The number of hydrogen-bond acceptors (Lipinski definition) is 4. The van der Waals surface area contributed by atoms with E-state index < -0.39 is 11.4 Å². The molecule has 2 N–H and O–H groups in total. The van der Waals surface area contributed by atoms with Crippen LogP contribution in [0.4, 0.5) is 5.69 Å². The maximum atomic E-state index is 12.7. The van der Waals surface area contributed by atoms with Crippen LogP contribution in [0, 0.1) is 5.41 Å². The molecule has 23 heavy (non-hydrogen) atoms. The van der Waals surface area contributed by atoms with Crippen molar-refractivity contribution in [2.75, 3.05) is 25.0 Å². The highest BCUT2D eigenvalue weighted by molar-refractivity contribution is 5.99. The van der Waals surface area contributed by atoms with E-state index in [-0.39, 0.29) is 25.0 Å². The van der Waals surface area contributed by atoms with Crippen LogP contribution < -0.4 is 10.1 Å². The summed E-state index contributed by atoms with van der Waals surface area (Å²) in [5.41, 5.74) is 0.0495. The summed E-state index contributed by atoms with van der Waals surface area (Å²) < 4.78 is 5.32. The van der Waals surface area contributed by atoms with Gasteiger partial charge in [-0.1, -0.05) is 0 Å². The Hall–Kier alpha value is -2.57. The van der Waals surface area contributed by atoms with Crippen LogP contribution in [0.3, 0.4) is 0 Å². The summed E-state index contributed by atoms with van der Waals surface area (Å²) in [5, 5.41) is 12.0. The number of piperidine rings is 1. The fraction of sp³-hybridized carbons (Fsp3) is 0.438. The van der Waals surface area contributed by atoms with Crippen LogP contribution in [0.2, 0.25) is 0 Å². The van der Waals surface area contributed by atoms with Crippen LogP contribution in [-0.4, -0.2) is 47.5 Å². The molecule has 2 amide bonds. The van der Waals surface area contributed by atoms with E-state index in [0.29, 0.717) is 36.4 Å². The molecule has 0 aliphatic carbocycles. The monoisotopic (exact) mass is 318 g/mol. The van der Waals surface area contributed by atoms with E-state index in [1.54, 1.807) is 30.0 Å². The van der Waals surface area contributed by atoms with E-state index in [4.69, 9.17) is 4.74 Å². The third-order valence-corrected chi connectivity index (χ3v) is 4.36. The number of benzene rings is 1. The highest BCUT2D eigenvalue weighted by Crippen LogP contribution is 2.32. The Labute approximate surface area is 133 Å². The van der Waals surface area contributed by atoms with Gasteiger partial charge in [0.25, 0.3) is 11.8 Å². The standard InChI is InChI=1S/C16H18N2O5/c1-16(15(21)22)5-2-6-18(9-16)14(20)10-3-4-11-12(7-10)23-8-13(19)17-11/h3-4,7H,2,5-6,8-9H2,1H3,(H,17,19)(H,21,22). The lowest BCUT2D eigenvalue weighted by atomic mass is 9.82. The largest absolute Gasteiger partial charge is 0.482 e. The van der Waals surface area contributed by atoms with Gasteiger partial charge in [-0.25, -0.2) is 0 Å². The highest BCUT2D eigenvalue weighted by Gasteiger charge is 2.39. The molecule has 3 rings (SSSR count). The molecule has 7 heteroatoms. The first-order valence-corrected chi connectivity index (χ1v) is 7.48. The molecule has 1 fully saturated rings. The smallest absolute Gasteiger partial charge is 0.311 e. The molecule has 2 aliphatic heterocycles. The Bertz CT molecular complexity index is 687. The molecule has 0 bridgehead atoms. The van der Waals surface area contributed by atoms with Crippen LogP contribution in [0.5, 0.6) is 5.75 Å². The minimum atomic E-state index is -0.910. The minimum absolute atomic E-state index is 0.0779. The van der Waals surface area contributed by atoms with Crippen molar-refractivity contribution in [1.82, 2.24) is 4.90 Å². The van der Waals surface area contributed by atoms with Crippen molar-refractivity contribution in [3.05, 3.63) is 23.8 Å². The fourth-order valence-electron chi connectivity index (χ4n) is 2.98. The molecular weight excluding hydrogens is 300 g/mol. The van der Waals surface area contributed by atoms with Gasteiger partial charge in [0.1, 0.15) is 5.75 Å². The van der Waals surface area contributed by atoms with Crippen molar-refractivity contribution in [3.8, 4) is 5.75 Å². The van der Waals surface area contributed by atoms with Crippen molar-refractivity contribution in [2.45, 2.75) is 19.8 Å². The summed E-state index contributed by atoms with van der Waals surface area (Å²) in [6.45, 7) is 2.32. The van der Waals surface area contributed by atoms with Crippen LogP contribution in [-0.2, 0) is 9.59 Å². The van der Waals surface area contributed by atoms with Gasteiger partial charge in [0.15, 0.2) is 6.61 Å². The lowest BCUT2D eigenvalue weighted by Gasteiger charge is -2.37. The van der Waals surface area contributed by atoms with Gasteiger partial charge in [-0.05, 0) is 38.0 Å². The van der Waals surface area contributed by atoms with Gasteiger partial charge in [0.2, 0.25) is 0 Å². The quantitative estimate of drug-likeness (QED) is 0.858. The summed E-state index contributed by atoms with van der Waals surface area (Å²) in [4.78, 5) is 36.9. The van der Waals surface area contributed by atoms with E-state index in [0.717, 1.165) is 0 Å². The fourth-order valence-corrected chi connectivity index (χ4v) is 2.98. The molecule has 0 aromatic heterocycles. The molecule has 0 radical (unpaired) electrons. The van der Waals surface area contributed by atoms with Crippen molar-refractivity contribution in [3.63, 3.8) is 0 Å². The number of hydrogen-bond donors (Lipinski definition) is 2. The second-order valence-corrected chi connectivity index (χ2v) is 6.24. The number of aliphatic carboxylic acids is 1. The second-order valence-electron chi connectivity index (χ2n) is 6.24. The van der Waals surface area contributed by atoms with Gasteiger partial charge in [0.05, 0.1) is 11.1 Å². The summed E-state index contributed by atoms with van der Waals surface area (Å²) >= 11 is 0. The summed E-state index contributed by atoms with van der Waals surface area (Å²) in [6.07, 6.45) is 1.22. The predicted molar refractivity (Wildman–Crippen MR) is 81.4 cm³/mol. The third-order valence-electron chi connectivity index (χ3n) is 4.36. The van der Waals surface area contributed by atoms with Crippen molar-refractivity contribution in [2.24, 2.45) is 5.41 Å². The number of carboxylic acid groups (broad SMARTS) is 1. The summed E-state index contributed by atoms with van der Waals surface area (Å²) in [5.74, 6) is -0.884. The molecule has 2 aliphatic rings. The summed E-state index contributed by atoms with van der Waals surface area (Å²) in [7, 11) is 0. The highest BCUT2D eigenvalue weighted by atomic mass is 16.5. The van der Waals surface area contributed by atoms with Crippen LogP contribution in [0.25, 0.3) is 0 Å². The zero-order chi connectivity index (χ0) is 16.6. The van der Waals surface area contributed by atoms with Crippen LogP contribution in [0.1, 0.15) is 30.1 Å². The maximum Gasteiger partial charge on any atom is 0.311 e. The van der Waals surface area contributed by atoms with E-state index >= 15 is 0 Å². The van der Waals surface area contributed by atoms with Crippen molar-refractivity contribution >= 4 is 23.5 Å². The normalized spacial score (nSPS) is 23.5. The zero-order valence-corrected chi connectivity index (χ0v) is 12.8. The number of rotatable bonds is 2. The number of nitrogens with zero attached hydrogens (tertiary/aromatic N) is 1. The predicted octanol–water partition coefficient (Wildman–Crippen LogP) is 1.34. The van der Waals surface area contributed by atoms with E-state index in [2.05, 4.69) is 5.32 Å². The van der Waals surface area contributed by atoms with E-state index in [9.17, 15) is 19.5 Å². The molecule has 2 heterocycles. The SMILES string of the molecule is CC1(C(=O)O)CCCN(C(=O)c2ccc3c(c2)OCC(=O)N3)C1. The number of amides is 2. The molecule has 1 saturated heterocycles. The number of fused-ring (bicyclic) bond motifs is 1. The van der Waals surface area contributed by atoms with Crippen molar-refractivity contribution < 1.29 is 24.2 Å². The molecule has 0 spiro atoms. The molecule has 1 atom stereocenters. The molecule has 0 saturated carbocycles. The molecule has 1 unspecified atom stereocenters. The van der Waals surface area contributed by atoms with Gasteiger partial charge in [0, 0.05) is 18.7 Å². The number of anilines is 1. The van der Waals surface area contributed by atoms with E-state index in [1.807, 2.05) is 0 Å². The first kappa shape index (κ1) is 15.3. The van der Waals surface area contributed by atoms with E-state index in [1.165, 1.54) is 0 Å². The average Bonchev–Trinajstić information content (AvgIpc) is 2.53.